The first-order valence-electron chi connectivity index (χ1n) is 7.17. The maximum atomic E-state index is 11.9. The van der Waals surface area contributed by atoms with Gasteiger partial charge in [-0.2, -0.15) is 0 Å². The number of rotatable bonds is 5. The average molecular weight is 334 g/mol. The van der Waals surface area contributed by atoms with Gasteiger partial charge < -0.3 is 9.47 Å². The summed E-state index contributed by atoms with van der Waals surface area (Å²) >= 11 is 5.96. The first kappa shape index (κ1) is 17.0. The molecule has 1 aromatic carbocycles. The van der Waals surface area contributed by atoms with E-state index in [0.717, 1.165) is 5.39 Å². The van der Waals surface area contributed by atoms with Gasteiger partial charge >= 0.3 is 11.9 Å². The van der Waals surface area contributed by atoms with E-state index in [1.54, 1.807) is 32.0 Å². The van der Waals surface area contributed by atoms with E-state index in [-0.39, 0.29) is 18.8 Å². The van der Waals surface area contributed by atoms with Gasteiger partial charge in [-0.15, -0.1) is 0 Å². The molecule has 0 saturated carbocycles. The summed E-state index contributed by atoms with van der Waals surface area (Å²) in [5, 5.41) is 1.46. The highest BCUT2D eigenvalue weighted by atomic mass is 35.5. The normalized spacial score (nSPS) is 10.2. The Bertz CT molecular complexity index is 750. The van der Waals surface area contributed by atoms with Crippen LogP contribution >= 0.6 is 11.6 Å². The fourth-order valence-electron chi connectivity index (χ4n) is 1.95. The average Bonchev–Trinajstić information content (AvgIpc) is 2.52. The maximum absolute atomic E-state index is 11.9. The highest BCUT2D eigenvalue weighted by molar-refractivity contribution is 6.31. The van der Waals surface area contributed by atoms with Gasteiger partial charge in [0.15, 0.2) is 0 Å². The minimum absolute atomic E-state index is 0.163. The van der Waals surface area contributed by atoms with Crippen molar-refractivity contribution in [3.05, 3.63) is 46.6 Å². The second kappa shape index (κ2) is 7.74. The Morgan fingerprint density at radius 3 is 2.30 bits per heavy atom. The van der Waals surface area contributed by atoms with E-state index in [0.29, 0.717) is 16.2 Å². The molecule has 120 valence electrons. The van der Waals surface area contributed by atoms with Crippen molar-refractivity contribution in [2.75, 3.05) is 13.2 Å². The molecule has 0 saturated heterocycles. The monoisotopic (exact) mass is 333 g/mol. The number of hydrogen-bond acceptors (Lipinski definition) is 5. The molecule has 0 aliphatic rings. The van der Waals surface area contributed by atoms with Crippen molar-refractivity contribution in [2.24, 2.45) is 0 Å². The van der Waals surface area contributed by atoms with Crippen LogP contribution in [0.5, 0.6) is 0 Å². The second-order valence-corrected chi connectivity index (χ2v) is 5.01. The van der Waals surface area contributed by atoms with E-state index in [2.05, 4.69) is 4.98 Å². The Morgan fingerprint density at radius 1 is 1.09 bits per heavy atom. The zero-order valence-electron chi connectivity index (χ0n) is 12.8. The highest BCUT2D eigenvalue weighted by Gasteiger charge is 2.21. The Balaban J connectivity index is 2.44. The molecular weight excluding hydrogens is 318 g/mol. The number of carbonyl (C=O) groups is 2. The van der Waals surface area contributed by atoms with Gasteiger partial charge in [0.2, 0.25) is 0 Å². The van der Waals surface area contributed by atoms with E-state index >= 15 is 0 Å². The third-order valence-corrected chi connectivity index (χ3v) is 3.19. The first-order valence-corrected chi connectivity index (χ1v) is 7.55. The lowest BCUT2D eigenvalue weighted by Crippen LogP contribution is -2.18. The Hall–Kier alpha value is -2.40. The van der Waals surface area contributed by atoms with Crippen LogP contribution in [0.4, 0.5) is 0 Å². The number of aromatic nitrogens is 1. The van der Waals surface area contributed by atoms with Crippen molar-refractivity contribution >= 4 is 40.5 Å². The van der Waals surface area contributed by atoms with Gasteiger partial charge in [-0.25, -0.2) is 14.6 Å². The van der Waals surface area contributed by atoms with Gasteiger partial charge in [-0.3, -0.25) is 0 Å². The number of halogens is 1. The molecule has 0 N–H and O–H groups in total. The number of benzene rings is 1. The first-order chi connectivity index (χ1) is 11.0. The Morgan fingerprint density at radius 2 is 1.70 bits per heavy atom. The lowest BCUT2D eigenvalue weighted by Gasteiger charge is -2.07. The second-order valence-electron chi connectivity index (χ2n) is 4.57. The molecule has 2 aromatic rings. The molecule has 0 radical (unpaired) electrons. The fraction of sp³-hybridized carbons (Fsp3) is 0.235. The van der Waals surface area contributed by atoms with Crippen molar-refractivity contribution in [3.8, 4) is 0 Å². The van der Waals surface area contributed by atoms with Crippen molar-refractivity contribution in [2.45, 2.75) is 13.8 Å². The van der Waals surface area contributed by atoms with Gasteiger partial charge in [0.1, 0.15) is 5.57 Å². The van der Waals surface area contributed by atoms with Gasteiger partial charge in [-0.05, 0) is 38.1 Å². The van der Waals surface area contributed by atoms with Crippen LogP contribution < -0.4 is 0 Å². The summed E-state index contributed by atoms with van der Waals surface area (Å²) in [6, 6.07) is 8.86. The van der Waals surface area contributed by atoms with Crippen LogP contribution in [-0.4, -0.2) is 30.1 Å². The number of hydrogen-bond donors (Lipinski definition) is 0. The molecule has 0 aliphatic heterocycles. The van der Waals surface area contributed by atoms with E-state index in [1.807, 2.05) is 12.1 Å². The largest absolute Gasteiger partial charge is 0.462 e. The van der Waals surface area contributed by atoms with E-state index < -0.39 is 11.9 Å². The Labute approximate surface area is 138 Å². The number of nitrogens with zero attached hydrogens (tertiary/aromatic N) is 1. The standard InChI is InChI=1S/C17H16ClNO4/c1-3-22-16(20)14(17(21)23-4-2)10-13-8-6-11-5-7-12(18)9-15(11)19-13/h5-10H,3-4H2,1-2H3. The molecule has 0 amide bonds. The smallest absolute Gasteiger partial charge is 0.345 e. The minimum atomic E-state index is -0.737. The van der Waals surface area contributed by atoms with E-state index in [1.165, 1.54) is 6.08 Å². The summed E-state index contributed by atoms with van der Waals surface area (Å²) in [6.45, 7) is 3.65. The molecule has 0 atom stereocenters. The topological polar surface area (TPSA) is 65.5 Å². The zero-order chi connectivity index (χ0) is 16.8. The molecule has 6 heteroatoms. The van der Waals surface area contributed by atoms with Crippen molar-refractivity contribution in [1.82, 2.24) is 4.98 Å². The predicted molar refractivity (Wildman–Crippen MR) is 88.0 cm³/mol. The summed E-state index contributed by atoms with van der Waals surface area (Å²) in [6.07, 6.45) is 1.36. The predicted octanol–water partition coefficient (Wildman–Crippen LogP) is 3.40. The van der Waals surface area contributed by atoms with Crippen LogP contribution in [-0.2, 0) is 19.1 Å². The molecule has 23 heavy (non-hydrogen) atoms. The molecule has 0 bridgehead atoms. The van der Waals surface area contributed by atoms with Crippen LogP contribution in [0.15, 0.2) is 35.9 Å². The quantitative estimate of drug-likeness (QED) is 0.363. The van der Waals surface area contributed by atoms with Crippen LogP contribution in [0.3, 0.4) is 0 Å². The number of esters is 2. The molecule has 5 nitrogen and oxygen atoms in total. The molecule has 0 aliphatic carbocycles. The van der Waals surface area contributed by atoms with E-state index in [9.17, 15) is 9.59 Å². The van der Waals surface area contributed by atoms with Crippen LogP contribution in [0, 0.1) is 0 Å². The van der Waals surface area contributed by atoms with Crippen LogP contribution in [0.1, 0.15) is 19.5 Å². The van der Waals surface area contributed by atoms with Gasteiger partial charge in [0.05, 0.1) is 24.4 Å². The number of pyridine rings is 1. The molecule has 1 aromatic heterocycles. The van der Waals surface area contributed by atoms with Gasteiger partial charge in [0, 0.05) is 10.4 Å². The Kier molecular flexibility index (Phi) is 5.71. The summed E-state index contributed by atoms with van der Waals surface area (Å²) < 4.78 is 9.79. The van der Waals surface area contributed by atoms with Gasteiger partial charge in [0.25, 0.3) is 0 Å². The lowest BCUT2D eigenvalue weighted by molar-refractivity contribution is -0.146. The van der Waals surface area contributed by atoms with Crippen molar-refractivity contribution < 1.29 is 19.1 Å². The highest BCUT2D eigenvalue weighted by Crippen LogP contribution is 2.19. The zero-order valence-corrected chi connectivity index (χ0v) is 13.6. The molecular formula is C17H16ClNO4. The molecule has 0 fully saturated rings. The molecule has 0 spiro atoms. The lowest BCUT2D eigenvalue weighted by atomic mass is 10.1. The van der Waals surface area contributed by atoms with Gasteiger partial charge in [-0.1, -0.05) is 23.7 Å². The number of carbonyl (C=O) groups excluding carboxylic acids is 2. The van der Waals surface area contributed by atoms with Crippen molar-refractivity contribution in [1.29, 1.82) is 0 Å². The summed E-state index contributed by atoms with van der Waals surface area (Å²) in [4.78, 5) is 28.3. The maximum Gasteiger partial charge on any atom is 0.345 e. The summed E-state index contributed by atoms with van der Waals surface area (Å²) in [7, 11) is 0. The number of fused-ring (bicyclic) bond motifs is 1. The van der Waals surface area contributed by atoms with Crippen molar-refractivity contribution in [3.63, 3.8) is 0 Å². The van der Waals surface area contributed by atoms with Crippen LogP contribution in [0.2, 0.25) is 5.02 Å². The molecule has 1 heterocycles. The van der Waals surface area contributed by atoms with Crippen LogP contribution in [0.25, 0.3) is 17.0 Å². The van der Waals surface area contributed by atoms with E-state index in [4.69, 9.17) is 21.1 Å². The minimum Gasteiger partial charge on any atom is -0.462 e. The summed E-state index contributed by atoms with van der Waals surface area (Å²) in [5.74, 6) is -1.47. The fourth-order valence-corrected chi connectivity index (χ4v) is 2.12. The summed E-state index contributed by atoms with van der Waals surface area (Å²) in [5.41, 5.74) is 0.914. The number of ether oxygens (including phenoxy) is 2. The SMILES string of the molecule is CCOC(=O)C(=Cc1ccc2ccc(Cl)cc2n1)C(=O)OCC. The molecule has 0 unspecified atom stereocenters. The third kappa shape index (κ3) is 4.29. The molecule has 2 rings (SSSR count). The third-order valence-electron chi connectivity index (χ3n) is 2.96.